The van der Waals surface area contributed by atoms with Crippen molar-refractivity contribution in [3.63, 3.8) is 0 Å². The predicted octanol–water partition coefficient (Wildman–Crippen LogP) is 0.360. The maximum atomic E-state index is 12.3. The molecule has 0 aromatic heterocycles. The van der Waals surface area contributed by atoms with E-state index in [2.05, 4.69) is 0 Å². The highest BCUT2D eigenvalue weighted by molar-refractivity contribution is 5.77. The van der Waals surface area contributed by atoms with E-state index in [1.807, 2.05) is 0 Å². The van der Waals surface area contributed by atoms with E-state index in [-0.39, 0.29) is 18.7 Å². The van der Waals surface area contributed by atoms with Gasteiger partial charge in [-0.05, 0) is 25.7 Å². The van der Waals surface area contributed by atoms with Crippen molar-refractivity contribution in [2.75, 3.05) is 26.2 Å². The molecule has 0 aromatic rings. The van der Waals surface area contributed by atoms with E-state index in [9.17, 15) is 14.7 Å². The summed E-state index contributed by atoms with van der Waals surface area (Å²) in [6, 6.07) is -0.208. The second-order valence-corrected chi connectivity index (χ2v) is 5.08. The van der Waals surface area contributed by atoms with Crippen LogP contribution < -0.4 is 0 Å². The highest BCUT2D eigenvalue weighted by atomic mass is 16.4. The summed E-state index contributed by atoms with van der Waals surface area (Å²) in [7, 11) is 0. The first kappa shape index (κ1) is 13.1. The van der Waals surface area contributed by atoms with Gasteiger partial charge >= 0.3 is 12.0 Å². The van der Waals surface area contributed by atoms with Crippen molar-refractivity contribution in [2.45, 2.75) is 31.7 Å². The molecule has 2 N–H and O–H groups in total. The molecule has 6 heteroatoms. The summed E-state index contributed by atoms with van der Waals surface area (Å²) in [5.41, 5.74) is 0. The Morgan fingerprint density at radius 3 is 2.56 bits per heavy atom. The molecule has 0 radical (unpaired) electrons. The summed E-state index contributed by atoms with van der Waals surface area (Å²) < 4.78 is 0. The quantitative estimate of drug-likeness (QED) is 0.747. The molecule has 0 aliphatic carbocycles. The number of aliphatic hydroxyl groups is 1. The number of urea groups is 1. The largest absolute Gasteiger partial charge is 0.481 e. The Kier molecular flexibility index (Phi) is 4.06. The van der Waals surface area contributed by atoms with Gasteiger partial charge in [0.15, 0.2) is 0 Å². The molecule has 6 nitrogen and oxygen atoms in total. The lowest BCUT2D eigenvalue weighted by molar-refractivity contribution is -0.143. The molecule has 2 heterocycles. The van der Waals surface area contributed by atoms with Crippen LogP contribution in [-0.2, 0) is 4.79 Å². The average Bonchev–Trinajstić information content (AvgIpc) is 2.86. The highest BCUT2D eigenvalue weighted by Crippen LogP contribution is 2.22. The normalized spacial score (nSPS) is 28.5. The van der Waals surface area contributed by atoms with Gasteiger partial charge in [-0.3, -0.25) is 4.79 Å². The summed E-state index contributed by atoms with van der Waals surface area (Å²) in [5.74, 6) is -1.27. The number of carboxylic acid groups (broad SMARTS) is 1. The van der Waals surface area contributed by atoms with E-state index in [0.717, 1.165) is 19.3 Å². The zero-order valence-electron chi connectivity index (χ0n) is 10.4. The Morgan fingerprint density at radius 2 is 1.89 bits per heavy atom. The molecule has 2 aliphatic heterocycles. The van der Waals surface area contributed by atoms with Crippen LogP contribution in [0, 0.1) is 5.92 Å². The zero-order chi connectivity index (χ0) is 13.1. The molecule has 2 amide bonds. The molecule has 2 atom stereocenters. The van der Waals surface area contributed by atoms with Crippen molar-refractivity contribution < 1.29 is 19.8 Å². The summed E-state index contributed by atoms with van der Waals surface area (Å²) in [6.07, 6.45) is 3.12. The molecule has 0 aromatic carbocycles. The third-order valence-corrected chi connectivity index (χ3v) is 3.87. The predicted molar refractivity (Wildman–Crippen MR) is 64.1 cm³/mol. The smallest absolute Gasteiger partial charge is 0.320 e. The van der Waals surface area contributed by atoms with Gasteiger partial charge in [0, 0.05) is 19.6 Å². The maximum absolute atomic E-state index is 12.3. The van der Waals surface area contributed by atoms with Crippen LogP contribution in [0.25, 0.3) is 0 Å². The zero-order valence-corrected chi connectivity index (χ0v) is 10.4. The molecule has 2 rings (SSSR count). The van der Waals surface area contributed by atoms with Crippen LogP contribution in [0.4, 0.5) is 4.79 Å². The molecule has 2 saturated heterocycles. The van der Waals surface area contributed by atoms with Gasteiger partial charge < -0.3 is 20.0 Å². The van der Waals surface area contributed by atoms with Crippen molar-refractivity contribution in [3.05, 3.63) is 0 Å². The van der Waals surface area contributed by atoms with Gasteiger partial charge in [-0.25, -0.2) is 4.79 Å². The number of carboxylic acids is 1. The summed E-state index contributed by atoms with van der Waals surface area (Å²) in [5, 5.41) is 18.2. The third kappa shape index (κ3) is 2.58. The molecule has 2 unspecified atom stereocenters. The standard InChI is InChI=1S/C12H20N2O4/c15-8-10-4-2-6-14(10)12(18)13-5-1-3-9(7-13)11(16)17/h9-10,15H,1-8H2,(H,16,17). The van der Waals surface area contributed by atoms with Gasteiger partial charge in [-0.2, -0.15) is 0 Å². The Hall–Kier alpha value is -1.30. The molecule has 0 spiro atoms. The first-order valence-corrected chi connectivity index (χ1v) is 6.52. The topological polar surface area (TPSA) is 81.1 Å². The molecule has 0 bridgehead atoms. The van der Waals surface area contributed by atoms with Crippen LogP contribution >= 0.6 is 0 Å². The number of likely N-dealkylation sites (tertiary alicyclic amines) is 2. The van der Waals surface area contributed by atoms with Gasteiger partial charge in [0.25, 0.3) is 0 Å². The first-order chi connectivity index (χ1) is 8.63. The Bertz CT molecular complexity index is 334. The summed E-state index contributed by atoms with van der Waals surface area (Å²) in [6.45, 7) is 1.57. The second-order valence-electron chi connectivity index (χ2n) is 5.08. The summed E-state index contributed by atoms with van der Waals surface area (Å²) >= 11 is 0. The SMILES string of the molecule is O=C(O)C1CCCN(C(=O)N2CCCC2CO)C1. The minimum absolute atomic E-state index is 0.0120. The number of aliphatic carboxylic acids is 1. The Morgan fingerprint density at radius 1 is 1.17 bits per heavy atom. The molecular weight excluding hydrogens is 236 g/mol. The van der Waals surface area contributed by atoms with Gasteiger partial charge in [-0.1, -0.05) is 0 Å². The second kappa shape index (κ2) is 5.56. The maximum Gasteiger partial charge on any atom is 0.320 e. The monoisotopic (exact) mass is 256 g/mol. The Balaban J connectivity index is 1.98. The molecule has 0 saturated carbocycles. The highest BCUT2D eigenvalue weighted by Gasteiger charge is 2.34. The average molecular weight is 256 g/mol. The van der Waals surface area contributed by atoms with E-state index in [1.165, 1.54) is 0 Å². The van der Waals surface area contributed by atoms with E-state index in [4.69, 9.17) is 5.11 Å². The van der Waals surface area contributed by atoms with Crippen LogP contribution in [0.5, 0.6) is 0 Å². The van der Waals surface area contributed by atoms with Crippen molar-refractivity contribution in [1.29, 1.82) is 0 Å². The number of aliphatic hydroxyl groups excluding tert-OH is 1. The minimum Gasteiger partial charge on any atom is -0.481 e. The lowest BCUT2D eigenvalue weighted by Crippen LogP contribution is -2.50. The van der Waals surface area contributed by atoms with Gasteiger partial charge in [0.05, 0.1) is 18.6 Å². The minimum atomic E-state index is -0.826. The Labute approximate surface area is 106 Å². The molecular formula is C12H20N2O4. The van der Waals surface area contributed by atoms with E-state index < -0.39 is 11.9 Å². The van der Waals surface area contributed by atoms with E-state index in [1.54, 1.807) is 9.80 Å². The fourth-order valence-corrected chi connectivity index (χ4v) is 2.81. The molecule has 2 aliphatic rings. The summed E-state index contributed by atoms with van der Waals surface area (Å²) in [4.78, 5) is 26.6. The van der Waals surface area contributed by atoms with Crippen LogP contribution in [0.1, 0.15) is 25.7 Å². The van der Waals surface area contributed by atoms with Crippen LogP contribution in [0.2, 0.25) is 0 Å². The lowest BCUT2D eigenvalue weighted by Gasteiger charge is -2.35. The van der Waals surface area contributed by atoms with Crippen LogP contribution in [0.3, 0.4) is 0 Å². The first-order valence-electron chi connectivity index (χ1n) is 6.52. The number of amides is 2. The van der Waals surface area contributed by atoms with Crippen molar-refractivity contribution in [1.82, 2.24) is 9.80 Å². The van der Waals surface area contributed by atoms with Gasteiger partial charge in [0.2, 0.25) is 0 Å². The van der Waals surface area contributed by atoms with Crippen molar-refractivity contribution in [2.24, 2.45) is 5.92 Å². The lowest BCUT2D eigenvalue weighted by atomic mass is 9.98. The number of nitrogens with zero attached hydrogens (tertiary/aromatic N) is 2. The molecule has 2 fully saturated rings. The van der Waals surface area contributed by atoms with Crippen LogP contribution in [0.15, 0.2) is 0 Å². The molecule has 102 valence electrons. The van der Waals surface area contributed by atoms with E-state index in [0.29, 0.717) is 26.1 Å². The number of carbonyl (C=O) groups excluding carboxylic acids is 1. The molecule has 18 heavy (non-hydrogen) atoms. The fraction of sp³-hybridized carbons (Fsp3) is 0.833. The third-order valence-electron chi connectivity index (χ3n) is 3.87. The van der Waals surface area contributed by atoms with Crippen molar-refractivity contribution >= 4 is 12.0 Å². The van der Waals surface area contributed by atoms with Crippen LogP contribution in [-0.4, -0.2) is 64.3 Å². The van der Waals surface area contributed by atoms with Gasteiger partial charge in [-0.15, -0.1) is 0 Å². The number of piperidine rings is 1. The number of hydrogen-bond acceptors (Lipinski definition) is 3. The van der Waals surface area contributed by atoms with Crippen molar-refractivity contribution in [3.8, 4) is 0 Å². The number of hydrogen-bond donors (Lipinski definition) is 2. The number of rotatable bonds is 2. The van der Waals surface area contributed by atoms with Gasteiger partial charge in [0.1, 0.15) is 0 Å². The van der Waals surface area contributed by atoms with E-state index >= 15 is 0 Å². The fourth-order valence-electron chi connectivity index (χ4n) is 2.81. The number of carbonyl (C=O) groups is 2.